The van der Waals surface area contributed by atoms with Crippen LogP contribution in [0.25, 0.3) is 22.8 Å². The molecular formula is C48H62ClF2N11O3. The molecule has 0 aliphatic heterocycles. The molecule has 348 valence electrons. The molecule has 65 heavy (non-hydrogen) atoms. The van der Waals surface area contributed by atoms with E-state index in [1.165, 1.54) is 31.9 Å². The van der Waals surface area contributed by atoms with Gasteiger partial charge in [0.25, 0.3) is 0 Å². The van der Waals surface area contributed by atoms with Crippen molar-refractivity contribution in [1.82, 2.24) is 49.9 Å². The van der Waals surface area contributed by atoms with Crippen LogP contribution in [-0.4, -0.2) is 90.1 Å². The van der Waals surface area contributed by atoms with Gasteiger partial charge in [0.05, 0.1) is 36.0 Å². The van der Waals surface area contributed by atoms with E-state index in [4.69, 9.17) is 34.0 Å². The molecular weight excluding hydrogens is 852 g/mol. The van der Waals surface area contributed by atoms with Crippen LogP contribution < -0.4 is 5.73 Å². The summed E-state index contributed by atoms with van der Waals surface area (Å²) in [5.41, 5.74) is 8.84. The van der Waals surface area contributed by atoms with E-state index in [1.807, 2.05) is 7.05 Å². The number of nitrogens with zero attached hydrogens (tertiary/aromatic N) is 10. The van der Waals surface area contributed by atoms with Gasteiger partial charge in [-0.25, -0.2) is 28.7 Å². The molecule has 4 aromatic heterocycles. The van der Waals surface area contributed by atoms with E-state index in [0.29, 0.717) is 47.6 Å². The summed E-state index contributed by atoms with van der Waals surface area (Å²) in [4.78, 5) is 16.2. The number of aliphatic hydroxyl groups is 3. The highest BCUT2D eigenvalue weighted by Crippen LogP contribution is 2.36. The van der Waals surface area contributed by atoms with E-state index < -0.39 is 11.6 Å². The Hall–Kier alpha value is -5.33. The standard InChI is InChI=1S/C18H24FN5O.C11H11ClFN5.C9H4.C6H13NO.C4H10O/c1-24-15(8-11-2-3-11)18(22-23-24)17-14(19)10-20-16(21-17)9-12-4-6-13(25)7-5-12;1-18-8(4-6-2-3-6)10(16-17-18)9-7(13)5-14-11(12)15-9;1-3-5-7-9-8-6-4-2;7-5-1-3-6(8)4-2-5;1-2-3-4-5/h10-13,25H,2-9H2,1H3;5-6H,2-4H2,1H3;1H,2H3;5-6,8H,1-4,7H2;5H,2-4H2,1H3. The highest BCUT2D eigenvalue weighted by atomic mass is 35.5. The highest BCUT2D eigenvalue weighted by Gasteiger charge is 2.29. The third kappa shape index (κ3) is 18.6. The first-order valence-electron chi connectivity index (χ1n) is 22.4. The maximum Gasteiger partial charge on any atom is 0.223 e. The Kier molecular flexibility index (Phi) is 22.4. The topological polar surface area (TPSA) is 200 Å². The average molecular weight is 915 g/mol. The third-order valence-electron chi connectivity index (χ3n) is 11.2. The molecule has 4 aliphatic carbocycles. The van der Waals surface area contributed by atoms with Crippen LogP contribution in [0.2, 0.25) is 5.28 Å². The van der Waals surface area contributed by atoms with Gasteiger partial charge in [-0.05, 0) is 168 Å². The molecule has 4 heterocycles. The van der Waals surface area contributed by atoms with Crippen LogP contribution in [0.3, 0.4) is 0 Å². The number of nitrogens with two attached hydrogens (primary N) is 1. The van der Waals surface area contributed by atoms with Crippen LogP contribution in [-0.2, 0) is 33.4 Å². The van der Waals surface area contributed by atoms with Crippen molar-refractivity contribution in [3.63, 3.8) is 0 Å². The summed E-state index contributed by atoms with van der Waals surface area (Å²) in [6, 6.07) is 0.360. The Balaban J connectivity index is 0.000000201. The Bertz CT molecular complexity index is 2310. The van der Waals surface area contributed by atoms with Crippen molar-refractivity contribution >= 4 is 11.6 Å². The molecule has 0 bridgehead atoms. The van der Waals surface area contributed by atoms with Gasteiger partial charge < -0.3 is 21.1 Å². The van der Waals surface area contributed by atoms with Gasteiger partial charge in [0, 0.05) is 33.2 Å². The number of rotatable bonds is 10. The number of aliphatic hydroxyl groups excluding tert-OH is 3. The summed E-state index contributed by atoms with van der Waals surface area (Å²) >= 11 is 5.70. The molecule has 0 saturated heterocycles. The Morgan fingerprint density at radius 3 is 1.62 bits per heavy atom. The lowest BCUT2D eigenvalue weighted by atomic mass is 9.85. The molecule has 8 rings (SSSR count). The van der Waals surface area contributed by atoms with E-state index in [0.717, 1.165) is 101 Å². The summed E-state index contributed by atoms with van der Waals surface area (Å²) in [6.45, 7) is 4.11. The molecule has 0 unspecified atom stereocenters. The van der Waals surface area contributed by atoms with Crippen molar-refractivity contribution in [2.45, 2.75) is 141 Å². The molecule has 4 aliphatic rings. The summed E-state index contributed by atoms with van der Waals surface area (Å²) in [5, 5.41) is 42.9. The highest BCUT2D eigenvalue weighted by molar-refractivity contribution is 6.28. The number of aromatic nitrogens is 10. The molecule has 14 nitrogen and oxygen atoms in total. The quantitative estimate of drug-likeness (QED) is 0.105. The van der Waals surface area contributed by atoms with Gasteiger partial charge in [-0.3, -0.25) is 9.36 Å². The van der Waals surface area contributed by atoms with Gasteiger partial charge in [0.15, 0.2) is 11.6 Å². The first kappa shape index (κ1) is 52.3. The summed E-state index contributed by atoms with van der Waals surface area (Å²) < 4.78 is 31.5. The third-order valence-corrected chi connectivity index (χ3v) is 11.4. The minimum absolute atomic E-state index is 0.00873. The van der Waals surface area contributed by atoms with Crippen LogP contribution in [0.5, 0.6) is 0 Å². The lowest BCUT2D eigenvalue weighted by molar-refractivity contribution is 0.108. The van der Waals surface area contributed by atoms with Crippen molar-refractivity contribution in [2.75, 3.05) is 6.61 Å². The summed E-state index contributed by atoms with van der Waals surface area (Å²) in [6.07, 6.45) is 23.6. The fourth-order valence-corrected chi connectivity index (χ4v) is 7.14. The number of aryl methyl sites for hydroxylation is 2. The largest absolute Gasteiger partial charge is 0.396 e. The Labute approximate surface area is 387 Å². The Morgan fingerprint density at radius 1 is 0.692 bits per heavy atom. The normalized spacial score (nSPS) is 19.4. The van der Waals surface area contributed by atoms with Gasteiger partial charge >= 0.3 is 0 Å². The van der Waals surface area contributed by atoms with Crippen molar-refractivity contribution in [3.05, 3.63) is 46.5 Å². The number of unbranched alkanes of at least 4 members (excludes halogenated alkanes) is 1. The summed E-state index contributed by atoms with van der Waals surface area (Å²) in [5.74, 6) is 18.4. The molecule has 0 atom stereocenters. The van der Waals surface area contributed by atoms with Crippen molar-refractivity contribution in [1.29, 1.82) is 0 Å². The minimum atomic E-state index is -0.531. The van der Waals surface area contributed by atoms with Gasteiger partial charge in [0.1, 0.15) is 28.6 Å². The number of hydrogen-bond acceptors (Lipinski definition) is 12. The van der Waals surface area contributed by atoms with E-state index in [-0.39, 0.29) is 28.9 Å². The maximum absolute atomic E-state index is 14.4. The smallest absolute Gasteiger partial charge is 0.223 e. The van der Waals surface area contributed by atoms with Crippen molar-refractivity contribution in [2.24, 2.45) is 37.6 Å². The first-order chi connectivity index (χ1) is 31.4. The molecule has 4 saturated carbocycles. The minimum Gasteiger partial charge on any atom is -0.396 e. The number of halogens is 3. The number of terminal acetylenes is 1. The van der Waals surface area contributed by atoms with Gasteiger partial charge in [-0.1, -0.05) is 29.7 Å². The second kappa shape index (κ2) is 27.9. The summed E-state index contributed by atoms with van der Waals surface area (Å²) in [7, 11) is 3.65. The molecule has 0 spiro atoms. The molecule has 5 N–H and O–H groups in total. The zero-order valence-corrected chi connectivity index (χ0v) is 38.7. The van der Waals surface area contributed by atoms with Crippen LogP contribution in [0.15, 0.2) is 12.4 Å². The number of hydrogen-bond donors (Lipinski definition) is 4. The molecule has 4 fully saturated rings. The SMILES string of the molecule is C#CC#CC#CC#CC.CCCCO.Cn1nnc(-c2nc(CC3CCC(O)CC3)ncc2F)c1CC1CC1.Cn1nnc(-c2nc(Cl)ncc2F)c1CC1CC1.NC1CCC(O)CC1. The van der Waals surface area contributed by atoms with Crippen LogP contribution in [0.4, 0.5) is 8.78 Å². The lowest BCUT2D eigenvalue weighted by Crippen LogP contribution is -2.28. The zero-order valence-electron chi connectivity index (χ0n) is 37.9. The van der Waals surface area contributed by atoms with E-state index >= 15 is 0 Å². The lowest BCUT2D eigenvalue weighted by Gasteiger charge is -2.24. The molecule has 17 heteroatoms. The second-order valence-corrected chi connectivity index (χ2v) is 17.0. The average Bonchev–Trinajstić information content (AvgIpc) is 4.24. The molecule has 0 radical (unpaired) electrons. The van der Waals surface area contributed by atoms with Gasteiger partial charge in [-0.15, -0.1) is 16.6 Å². The van der Waals surface area contributed by atoms with E-state index in [2.05, 4.69) is 88.9 Å². The second-order valence-electron chi connectivity index (χ2n) is 16.7. The van der Waals surface area contributed by atoms with Gasteiger partial charge in [-0.2, -0.15) is 0 Å². The zero-order chi connectivity index (χ0) is 47.1. The Morgan fingerprint density at radius 2 is 1.15 bits per heavy atom. The molecule has 0 amide bonds. The predicted octanol–water partition coefficient (Wildman–Crippen LogP) is 6.15. The van der Waals surface area contributed by atoms with E-state index in [9.17, 15) is 13.9 Å². The predicted molar refractivity (Wildman–Crippen MR) is 246 cm³/mol. The maximum atomic E-state index is 14.4. The van der Waals surface area contributed by atoms with E-state index in [1.54, 1.807) is 23.3 Å². The van der Waals surface area contributed by atoms with Gasteiger partial charge in [0.2, 0.25) is 5.28 Å². The fraction of sp³-hybridized carbons (Fsp3) is 0.583. The first-order valence-corrected chi connectivity index (χ1v) is 22.8. The van der Waals surface area contributed by atoms with Crippen LogP contribution >= 0.6 is 11.6 Å². The van der Waals surface area contributed by atoms with Crippen LogP contribution in [0, 0.1) is 77.3 Å². The van der Waals surface area contributed by atoms with Crippen molar-refractivity contribution in [3.8, 4) is 70.6 Å². The van der Waals surface area contributed by atoms with Crippen LogP contribution in [0.1, 0.15) is 121 Å². The molecule has 0 aromatic carbocycles. The molecule has 4 aromatic rings. The fourth-order valence-electron chi connectivity index (χ4n) is 7.01. The monoisotopic (exact) mass is 913 g/mol. The van der Waals surface area contributed by atoms with Crippen molar-refractivity contribution < 1.29 is 24.1 Å².